The normalized spacial score (nSPS) is 10.6. The van der Waals surface area contributed by atoms with E-state index in [0.717, 1.165) is 24.4 Å². The van der Waals surface area contributed by atoms with E-state index in [4.69, 9.17) is 0 Å². The Morgan fingerprint density at radius 2 is 2.18 bits per heavy atom. The molecule has 0 spiro atoms. The first-order valence-electron chi connectivity index (χ1n) is 5.58. The number of phenols is 1. The van der Waals surface area contributed by atoms with Crippen molar-refractivity contribution in [1.29, 1.82) is 0 Å². The number of para-hydroxylation sites is 1. The summed E-state index contributed by atoms with van der Waals surface area (Å²) >= 11 is 0. The van der Waals surface area contributed by atoms with E-state index in [2.05, 4.69) is 15.5 Å². The van der Waals surface area contributed by atoms with Crippen molar-refractivity contribution in [3.05, 3.63) is 42.0 Å². The molecule has 0 saturated heterocycles. The van der Waals surface area contributed by atoms with Crippen LogP contribution in [0.5, 0.6) is 5.75 Å². The molecule has 0 aliphatic rings. The zero-order valence-corrected chi connectivity index (χ0v) is 9.80. The minimum Gasteiger partial charge on any atom is -0.508 e. The van der Waals surface area contributed by atoms with E-state index in [9.17, 15) is 5.11 Å². The van der Waals surface area contributed by atoms with E-state index in [-0.39, 0.29) is 0 Å². The van der Waals surface area contributed by atoms with E-state index in [1.165, 1.54) is 0 Å². The highest BCUT2D eigenvalue weighted by Crippen LogP contribution is 2.14. The summed E-state index contributed by atoms with van der Waals surface area (Å²) in [6, 6.07) is 7.34. The molecule has 5 heteroatoms. The van der Waals surface area contributed by atoms with Gasteiger partial charge in [-0.15, -0.1) is 10.2 Å². The quantitative estimate of drug-likeness (QED) is 0.750. The zero-order chi connectivity index (χ0) is 12.1. The molecule has 1 aromatic heterocycles. The Hall–Kier alpha value is -1.88. The van der Waals surface area contributed by atoms with Gasteiger partial charge in [-0.25, -0.2) is 0 Å². The molecule has 0 atom stereocenters. The molecule has 0 saturated carbocycles. The number of nitrogens with zero attached hydrogens (tertiary/aromatic N) is 3. The highest BCUT2D eigenvalue weighted by atomic mass is 16.3. The minimum absolute atomic E-state index is 0.332. The zero-order valence-electron chi connectivity index (χ0n) is 9.80. The van der Waals surface area contributed by atoms with Crippen molar-refractivity contribution >= 4 is 0 Å². The predicted octanol–water partition coefficient (Wildman–Crippen LogP) is 0.853. The molecule has 2 aromatic rings. The number of aromatic nitrogens is 3. The highest BCUT2D eigenvalue weighted by Gasteiger charge is 2.01. The number of hydrogen-bond acceptors (Lipinski definition) is 4. The Bertz CT molecular complexity index is 481. The molecule has 2 rings (SSSR count). The Kier molecular flexibility index (Phi) is 3.72. The predicted molar refractivity (Wildman–Crippen MR) is 64.5 cm³/mol. The maximum absolute atomic E-state index is 9.57. The molecule has 0 fully saturated rings. The fraction of sp³-hybridized carbons (Fsp3) is 0.333. The summed E-state index contributed by atoms with van der Waals surface area (Å²) in [7, 11) is 1.93. The second kappa shape index (κ2) is 5.45. The van der Waals surface area contributed by atoms with Crippen LogP contribution in [0.2, 0.25) is 0 Å². The van der Waals surface area contributed by atoms with Gasteiger partial charge in [-0.1, -0.05) is 18.2 Å². The van der Waals surface area contributed by atoms with Gasteiger partial charge in [-0.2, -0.15) is 0 Å². The van der Waals surface area contributed by atoms with Crippen molar-refractivity contribution < 1.29 is 5.11 Å². The number of benzene rings is 1. The maximum Gasteiger partial charge on any atom is 0.133 e. The molecule has 0 aliphatic heterocycles. The summed E-state index contributed by atoms with van der Waals surface area (Å²) in [6.07, 6.45) is 2.52. The van der Waals surface area contributed by atoms with Gasteiger partial charge in [0, 0.05) is 32.1 Å². The fourth-order valence-corrected chi connectivity index (χ4v) is 1.62. The molecular formula is C12H16N4O. The van der Waals surface area contributed by atoms with Gasteiger partial charge in [0.2, 0.25) is 0 Å². The average Bonchev–Trinajstić information content (AvgIpc) is 2.73. The average molecular weight is 232 g/mol. The first-order valence-corrected chi connectivity index (χ1v) is 5.58. The van der Waals surface area contributed by atoms with Crippen LogP contribution in [0.4, 0.5) is 0 Å². The fourth-order valence-electron chi connectivity index (χ4n) is 1.62. The molecule has 0 unspecified atom stereocenters. The van der Waals surface area contributed by atoms with E-state index in [1.54, 1.807) is 12.4 Å². The first kappa shape index (κ1) is 11.6. The van der Waals surface area contributed by atoms with Crippen LogP contribution in [-0.4, -0.2) is 26.4 Å². The third-order valence-corrected chi connectivity index (χ3v) is 2.64. The second-order valence-electron chi connectivity index (χ2n) is 3.91. The van der Waals surface area contributed by atoms with Crippen molar-refractivity contribution in [1.82, 2.24) is 20.1 Å². The summed E-state index contributed by atoms with van der Waals surface area (Å²) in [4.78, 5) is 0. The van der Waals surface area contributed by atoms with Crippen molar-refractivity contribution in [2.75, 3.05) is 6.54 Å². The SMILES string of the molecule is Cn1cnnc1CCNCc1ccccc1O. The Balaban J connectivity index is 1.77. The lowest BCUT2D eigenvalue weighted by molar-refractivity contribution is 0.464. The molecule has 0 bridgehead atoms. The summed E-state index contributed by atoms with van der Waals surface area (Å²) in [5.41, 5.74) is 0.908. The van der Waals surface area contributed by atoms with Gasteiger partial charge in [0.05, 0.1) is 0 Å². The number of aromatic hydroxyl groups is 1. The topological polar surface area (TPSA) is 63.0 Å². The summed E-state index contributed by atoms with van der Waals surface area (Å²) < 4.78 is 1.90. The Labute approximate surface area is 100 Å². The van der Waals surface area contributed by atoms with Gasteiger partial charge in [-0.3, -0.25) is 0 Å². The van der Waals surface area contributed by atoms with Crippen LogP contribution in [-0.2, 0) is 20.0 Å². The lowest BCUT2D eigenvalue weighted by atomic mass is 10.2. The number of nitrogens with one attached hydrogen (secondary N) is 1. The second-order valence-corrected chi connectivity index (χ2v) is 3.91. The molecule has 5 nitrogen and oxygen atoms in total. The van der Waals surface area contributed by atoms with Crippen LogP contribution in [0.3, 0.4) is 0 Å². The van der Waals surface area contributed by atoms with Gasteiger partial charge in [0.25, 0.3) is 0 Å². The molecular weight excluding hydrogens is 216 g/mol. The molecule has 1 aromatic carbocycles. The molecule has 90 valence electrons. The lowest BCUT2D eigenvalue weighted by Crippen LogP contribution is -2.18. The standard InChI is InChI=1S/C12H16N4O/c1-16-9-14-15-12(16)6-7-13-8-10-4-2-3-5-11(10)17/h2-5,9,13,17H,6-8H2,1H3. The summed E-state index contributed by atoms with van der Waals surface area (Å²) in [5, 5.41) is 20.7. The summed E-state index contributed by atoms with van der Waals surface area (Å²) in [6.45, 7) is 1.46. The first-order chi connectivity index (χ1) is 8.27. The number of hydrogen-bond donors (Lipinski definition) is 2. The van der Waals surface area contributed by atoms with Gasteiger partial charge >= 0.3 is 0 Å². The number of aryl methyl sites for hydroxylation is 1. The van der Waals surface area contributed by atoms with E-state index >= 15 is 0 Å². The van der Waals surface area contributed by atoms with Crippen LogP contribution >= 0.6 is 0 Å². The van der Waals surface area contributed by atoms with Crippen LogP contribution < -0.4 is 5.32 Å². The van der Waals surface area contributed by atoms with Gasteiger partial charge in [0.15, 0.2) is 0 Å². The van der Waals surface area contributed by atoms with Crippen LogP contribution in [0.1, 0.15) is 11.4 Å². The van der Waals surface area contributed by atoms with Crippen LogP contribution in [0.15, 0.2) is 30.6 Å². The molecule has 0 aliphatic carbocycles. The molecule has 0 amide bonds. The molecule has 1 heterocycles. The smallest absolute Gasteiger partial charge is 0.133 e. The maximum atomic E-state index is 9.57. The van der Waals surface area contributed by atoms with Gasteiger partial charge in [-0.05, 0) is 6.07 Å². The van der Waals surface area contributed by atoms with Gasteiger partial charge < -0.3 is 15.0 Å². The highest BCUT2D eigenvalue weighted by molar-refractivity contribution is 5.31. The lowest BCUT2D eigenvalue weighted by Gasteiger charge is -2.06. The van der Waals surface area contributed by atoms with E-state index in [0.29, 0.717) is 12.3 Å². The van der Waals surface area contributed by atoms with Crippen LogP contribution in [0, 0.1) is 0 Å². The van der Waals surface area contributed by atoms with E-state index < -0.39 is 0 Å². The third kappa shape index (κ3) is 3.04. The Morgan fingerprint density at radius 1 is 1.35 bits per heavy atom. The Morgan fingerprint density at radius 3 is 2.88 bits per heavy atom. The van der Waals surface area contributed by atoms with Gasteiger partial charge in [0.1, 0.15) is 17.9 Å². The molecule has 0 radical (unpaired) electrons. The largest absolute Gasteiger partial charge is 0.508 e. The minimum atomic E-state index is 0.332. The van der Waals surface area contributed by atoms with Crippen molar-refractivity contribution in [3.63, 3.8) is 0 Å². The monoisotopic (exact) mass is 232 g/mol. The molecule has 2 N–H and O–H groups in total. The molecule has 17 heavy (non-hydrogen) atoms. The van der Waals surface area contributed by atoms with E-state index in [1.807, 2.05) is 29.8 Å². The van der Waals surface area contributed by atoms with Crippen LogP contribution in [0.25, 0.3) is 0 Å². The van der Waals surface area contributed by atoms with Crippen molar-refractivity contribution in [2.45, 2.75) is 13.0 Å². The third-order valence-electron chi connectivity index (χ3n) is 2.64. The van der Waals surface area contributed by atoms with Crippen molar-refractivity contribution in [3.8, 4) is 5.75 Å². The number of phenolic OH excluding ortho intramolecular Hbond substituents is 1. The van der Waals surface area contributed by atoms with Crippen molar-refractivity contribution in [2.24, 2.45) is 7.05 Å². The number of rotatable bonds is 5. The summed E-state index contributed by atoms with van der Waals surface area (Å²) in [5.74, 6) is 1.29.